The summed E-state index contributed by atoms with van der Waals surface area (Å²) in [6.07, 6.45) is 2.73. The Morgan fingerprint density at radius 3 is 3.19 bits per heavy atom. The molecule has 16 heavy (non-hydrogen) atoms. The Balaban J connectivity index is 1.94. The second-order valence-corrected chi connectivity index (χ2v) is 3.72. The molecule has 1 aliphatic rings. The first-order chi connectivity index (χ1) is 7.83. The predicted octanol–water partition coefficient (Wildman–Crippen LogP) is 1.17. The zero-order valence-corrected chi connectivity index (χ0v) is 10.1. The topological polar surface area (TPSA) is 42.8 Å². The Morgan fingerprint density at radius 1 is 1.62 bits per heavy atom. The van der Waals surface area contributed by atoms with Crippen molar-refractivity contribution in [2.75, 3.05) is 26.3 Å². The van der Waals surface area contributed by atoms with Crippen molar-refractivity contribution in [3.8, 4) is 11.8 Å². The average molecular weight is 224 g/mol. The molecular formula is C12H20N2O2. The van der Waals surface area contributed by atoms with Crippen LogP contribution in [-0.4, -0.2) is 38.1 Å². The van der Waals surface area contributed by atoms with Crippen molar-refractivity contribution < 1.29 is 9.57 Å². The maximum atomic E-state index is 5.48. The average Bonchev–Trinajstić information content (AvgIpc) is 2.76. The van der Waals surface area contributed by atoms with Crippen LogP contribution in [0.15, 0.2) is 5.16 Å². The third-order valence-electron chi connectivity index (χ3n) is 2.27. The molecule has 0 radical (unpaired) electrons. The number of nitrogens with one attached hydrogen (secondary N) is 1. The summed E-state index contributed by atoms with van der Waals surface area (Å²) >= 11 is 0. The lowest BCUT2D eigenvalue weighted by molar-refractivity contribution is 0.103. The van der Waals surface area contributed by atoms with Crippen LogP contribution in [0.1, 0.15) is 26.7 Å². The van der Waals surface area contributed by atoms with Gasteiger partial charge in [-0.1, -0.05) is 11.1 Å². The standard InChI is InChI=1S/C12H20N2O2/c1-3-5-11(2)14-16-9-7-13-10-12-6-4-8-15-12/h12-13H,4,6-10H2,1-2H3/b14-11-/t12-/m1/s1. The van der Waals surface area contributed by atoms with E-state index in [0.29, 0.717) is 18.4 Å². The van der Waals surface area contributed by atoms with Crippen molar-refractivity contribution in [3.05, 3.63) is 0 Å². The SMILES string of the molecule is CC#C/C(C)=N\OCCNC[C@H]1CCCO1. The van der Waals surface area contributed by atoms with Gasteiger partial charge in [0.25, 0.3) is 0 Å². The monoisotopic (exact) mass is 224 g/mol. The van der Waals surface area contributed by atoms with Gasteiger partial charge in [-0.2, -0.15) is 0 Å². The molecule has 1 fully saturated rings. The Bertz CT molecular complexity index is 272. The number of hydrogen-bond acceptors (Lipinski definition) is 4. The highest BCUT2D eigenvalue weighted by atomic mass is 16.6. The summed E-state index contributed by atoms with van der Waals surface area (Å²) in [5.41, 5.74) is 0.710. The van der Waals surface area contributed by atoms with Gasteiger partial charge in [0.15, 0.2) is 0 Å². The molecule has 1 N–H and O–H groups in total. The first-order valence-corrected chi connectivity index (χ1v) is 5.74. The van der Waals surface area contributed by atoms with E-state index < -0.39 is 0 Å². The lowest BCUT2D eigenvalue weighted by atomic mass is 10.2. The highest BCUT2D eigenvalue weighted by Gasteiger charge is 2.13. The van der Waals surface area contributed by atoms with E-state index in [9.17, 15) is 0 Å². The molecule has 90 valence electrons. The van der Waals surface area contributed by atoms with E-state index >= 15 is 0 Å². The first-order valence-electron chi connectivity index (χ1n) is 5.74. The highest BCUT2D eigenvalue weighted by Crippen LogP contribution is 2.10. The van der Waals surface area contributed by atoms with Crippen LogP contribution in [0.5, 0.6) is 0 Å². The van der Waals surface area contributed by atoms with Crippen LogP contribution < -0.4 is 5.32 Å². The Morgan fingerprint density at radius 2 is 2.50 bits per heavy atom. The van der Waals surface area contributed by atoms with Crippen LogP contribution in [0.25, 0.3) is 0 Å². The molecule has 0 aliphatic carbocycles. The molecule has 1 rings (SSSR count). The minimum atomic E-state index is 0.385. The number of oxime groups is 1. The quantitative estimate of drug-likeness (QED) is 0.319. The molecule has 1 atom stereocenters. The van der Waals surface area contributed by atoms with E-state index in [-0.39, 0.29) is 0 Å². The third-order valence-corrected chi connectivity index (χ3v) is 2.27. The van der Waals surface area contributed by atoms with E-state index in [1.165, 1.54) is 6.42 Å². The van der Waals surface area contributed by atoms with Crippen molar-refractivity contribution in [2.45, 2.75) is 32.8 Å². The van der Waals surface area contributed by atoms with Crippen LogP contribution in [0, 0.1) is 11.8 Å². The van der Waals surface area contributed by atoms with Crippen molar-refractivity contribution in [1.82, 2.24) is 5.32 Å². The molecule has 4 heteroatoms. The van der Waals surface area contributed by atoms with Crippen molar-refractivity contribution in [1.29, 1.82) is 0 Å². The van der Waals surface area contributed by atoms with Crippen molar-refractivity contribution in [3.63, 3.8) is 0 Å². The van der Waals surface area contributed by atoms with E-state index in [1.54, 1.807) is 6.92 Å². The fourth-order valence-electron chi connectivity index (χ4n) is 1.53. The Kier molecular flexibility index (Phi) is 6.62. The minimum absolute atomic E-state index is 0.385. The fraction of sp³-hybridized carbons (Fsp3) is 0.750. The third kappa shape index (κ3) is 5.74. The summed E-state index contributed by atoms with van der Waals surface area (Å²) in [6.45, 7) is 6.77. The Labute approximate surface area is 97.4 Å². The maximum absolute atomic E-state index is 5.48. The van der Waals surface area contributed by atoms with Gasteiger partial charge in [-0.25, -0.2) is 0 Å². The lowest BCUT2D eigenvalue weighted by Gasteiger charge is -2.09. The van der Waals surface area contributed by atoms with Gasteiger partial charge in [0.2, 0.25) is 0 Å². The smallest absolute Gasteiger partial charge is 0.129 e. The molecule has 0 saturated carbocycles. The molecule has 4 nitrogen and oxygen atoms in total. The molecule has 0 aromatic rings. The van der Waals surface area contributed by atoms with Crippen LogP contribution in [-0.2, 0) is 9.57 Å². The molecule has 0 amide bonds. The molecular weight excluding hydrogens is 204 g/mol. The van der Waals surface area contributed by atoms with Gasteiger partial charge in [-0.15, -0.1) is 0 Å². The van der Waals surface area contributed by atoms with Crippen molar-refractivity contribution >= 4 is 5.71 Å². The van der Waals surface area contributed by atoms with Gasteiger partial charge in [0.1, 0.15) is 12.3 Å². The molecule has 0 unspecified atom stereocenters. The largest absolute Gasteiger partial charge is 0.394 e. The minimum Gasteiger partial charge on any atom is -0.394 e. The van der Waals surface area contributed by atoms with E-state index in [4.69, 9.17) is 9.57 Å². The van der Waals surface area contributed by atoms with Crippen LogP contribution in [0.2, 0.25) is 0 Å². The molecule has 1 saturated heterocycles. The summed E-state index contributed by atoms with van der Waals surface area (Å²) in [4.78, 5) is 5.09. The lowest BCUT2D eigenvalue weighted by Crippen LogP contribution is -2.28. The number of rotatable bonds is 6. The highest BCUT2D eigenvalue weighted by molar-refractivity contribution is 5.97. The normalized spacial score (nSPS) is 20.4. The van der Waals surface area contributed by atoms with Crippen LogP contribution >= 0.6 is 0 Å². The van der Waals surface area contributed by atoms with Crippen molar-refractivity contribution in [2.24, 2.45) is 5.16 Å². The van der Waals surface area contributed by atoms with Gasteiger partial charge in [-0.3, -0.25) is 0 Å². The van der Waals surface area contributed by atoms with Gasteiger partial charge in [-0.05, 0) is 32.6 Å². The number of ether oxygens (including phenoxy) is 1. The van der Waals surface area contributed by atoms with Gasteiger partial charge in [0.05, 0.1) is 6.10 Å². The van der Waals surface area contributed by atoms with E-state index in [0.717, 1.165) is 26.1 Å². The predicted molar refractivity (Wildman–Crippen MR) is 64.4 cm³/mol. The summed E-state index contributed by atoms with van der Waals surface area (Å²) in [5, 5.41) is 7.13. The van der Waals surface area contributed by atoms with Crippen LogP contribution in [0.3, 0.4) is 0 Å². The molecule has 0 aromatic heterocycles. The van der Waals surface area contributed by atoms with Crippen LogP contribution in [0.4, 0.5) is 0 Å². The zero-order valence-electron chi connectivity index (χ0n) is 10.1. The summed E-state index contributed by atoms with van der Waals surface area (Å²) < 4.78 is 5.48. The number of hydrogen-bond donors (Lipinski definition) is 1. The second-order valence-electron chi connectivity index (χ2n) is 3.72. The van der Waals surface area contributed by atoms with Gasteiger partial charge >= 0.3 is 0 Å². The van der Waals surface area contributed by atoms with E-state index in [1.807, 2.05) is 6.92 Å². The Hall–Kier alpha value is -1.05. The summed E-state index contributed by atoms with van der Waals surface area (Å²) in [5.74, 6) is 5.58. The molecule has 1 aliphatic heterocycles. The molecule has 1 heterocycles. The van der Waals surface area contributed by atoms with Gasteiger partial charge < -0.3 is 14.9 Å². The van der Waals surface area contributed by atoms with Gasteiger partial charge in [0, 0.05) is 19.7 Å². The molecule has 0 spiro atoms. The van der Waals surface area contributed by atoms with E-state index in [2.05, 4.69) is 22.3 Å². The fourth-order valence-corrected chi connectivity index (χ4v) is 1.53. The maximum Gasteiger partial charge on any atom is 0.129 e. The summed E-state index contributed by atoms with van der Waals surface area (Å²) in [6, 6.07) is 0. The molecule has 0 aromatic carbocycles. The summed E-state index contributed by atoms with van der Waals surface area (Å²) in [7, 11) is 0. The second kappa shape index (κ2) is 8.14. The number of nitrogens with zero attached hydrogens (tertiary/aromatic N) is 1. The zero-order chi connectivity index (χ0) is 11.6. The molecule has 0 bridgehead atoms. The first kappa shape index (κ1) is 13.0.